The zero-order valence-electron chi connectivity index (χ0n) is 15.7. The lowest BCUT2D eigenvalue weighted by Crippen LogP contribution is -2.48. The van der Waals surface area contributed by atoms with Gasteiger partial charge in [0, 0.05) is 37.6 Å². The third-order valence-electron chi connectivity index (χ3n) is 4.64. The van der Waals surface area contributed by atoms with E-state index in [1.807, 2.05) is 0 Å². The smallest absolute Gasteiger partial charge is 0.238 e. The molecule has 1 fully saturated rings. The lowest BCUT2D eigenvalue weighted by atomic mass is 10.2. The SMILES string of the molecule is COc1ccc(NC(=O)CN2CCN(c3ccc(S(N)(=O)=O)cc3)CC2)cc1. The van der Waals surface area contributed by atoms with Crippen molar-refractivity contribution in [1.29, 1.82) is 0 Å². The number of hydrogen-bond donors (Lipinski definition) is 2. The van der Waals surface area contributed by atoms with Gasteiger partial charge in [0.1, 0.15) is 5.75 Å². The molecule has 1 aliphatic rings. The molecule has 0 saturated carbocycles. The normalized spacial score (nSPS) is 15.3. The fourth-order valence-electron chi connectivity index (χ4n) is 3.09. The predicted octanol–water partition coefficient (Wildman–Crippen LogP) is 1.10. The molecule has 0 unspecified atom stereocenters. The molecule has 8 nitrogen and oxygen atoms in total. The van der Waals surface area contributed by atoms with E-state index < -0.39 is 10.0 Å². The molecule has 0 atom stereocenters. The summed E-state index contributed by atoms with van der Waals surface area (Å²) >= 11 is 0. The second-order valence-electron chi connectivity index (χ2n) is 6.58. The van der Waals surface area contributed by atoms with Gasteiger partial charge in [0.15, 0.2) is 0 Å². The molecule has 150 valence electrons. The first-order valence-corrected chi connectivity index (χ1v) is 10.4. The highest BCUT2D eigenvalue weighted by Gasteiger charge is 2.19. The lowest BCUT2D eigenvalue weighted by Gasteiger charge is -2.35. The number of methoxy groups -OCH3 is 1. The second-order valence-corrected chi connectivity index (χ2v) is 8.14. The van der Waals surface area contributed by atoms with Crippen LogP contribution in [0.5, 0.6) is 5.75 Å². The molecular weight excluding hydrogens is 380 g/mol. The maximum absolute atomic E-state index is 12.3. The summed E-state index contributed by atoms with van der Waals surface area (Å²) < 4.78 is 27.8. The van der Waals surface area contributed by atoms with E-state index in [0.717, 1.165) is 43.3 Å². The Kier molecular flexibility index (Phi) is 6.18. The van der Waals surface area contributed by atoms with Crippen LogP contribution in [0.25, 0.3) is 0 Å². The van der Waals surface area contributed by atoms with E-state index in [9.17, 15) is 13.2 Å². The maximum atomic E-state index is 12.3. The monoisotopic (exact) mass is 404 g/mol. The molecule has 2 aromatic rings. The van der Waals surface area contributed by atoms with Crippen LogP contribution in [0.4, 0.5) is 11.4 Å². The van der Waals surface area contributed by atoms with E-state index in [1.165, 1.54) is 12.1 Å². The van der Waals surface area contributed by atoms with Crippen molar-refractivity contribution >= 4 is 27.3 Å². The van der Waals surface area contributed by atoms with Gasteiger partial charge in [0.25, 0.3) is 0 Å². The number of hydrogen-bond acceptors (Lipinski definition) is 6. The first kappa shape index (κ1) is 20.1. The van der Waals surface area contributed by atoms with Crippen LogP contribution < -0.4 is 20.1 Å². The van der Waals surface area contributed by atoms with Crippen LogP contribution in [-0.4, -0.2) is 59.1 Å². The predicted molar refractivity (Wildman–Crippen MR) is 108 cm³/mol. The van der Waals surface area contributed by atoms with E-state index in [4.69, 9.17) is 9.88 Å². The van der Waals surface area contributed by atoms with Crippen molar-refractivity contribution in [1.82, 2.24) is 4.90 Å². The topological polar surface area (TPSA) is 105 Å². The molecule has 0 radical (unpaired) electrons. The Bertz CT molecular complexity index is 906. The minimum Gasteiger partial charge on any atom is -0.497 e. The summed E-state index contributed by atoms with van der Waals surface area (Å²) in [5.74, 6) is 0.683. The van der Waals surface area contributed by atoms with Crippen molar-refractivity contribution < 1.29 is 17.9 Å². The first-order valence-electron chi connectivity index (χ1n) is 8.89. The highest BCUT2D eigenvalue weighted by Crippen LogP contribution is 2.19. The minimum atomic E-state index is -3.68. The van der Waals surface area contributed by atoms with Gasteiger partial charge in [-0.2, -0.15) is 0 Å². The molecule has 28 heavy (non-hydrogen) atoms. The number of piperazine rings is 1. The second kappa shape index (κ2) is 8.59. The Morgan fingerprint density at radius 1 is 1.04 bits per heavy atom. The van der Waals surface area contributed by atoms with E-state index in [0.29, 0.717) is 6.54 Å². The van der Waals surface area contributed by atoms with E-state index >= 15 is 0 Å². The van der Waals surface area contributed by atoms with Gasteiger partial charge in [0.05, 0.1) is 18.6 Å². The molecular formula is C19H24N4O4S. The third-order valence-corrected chi connectivity index (χ3v) is 5.57. The molecule has 1 amide bonds. The first-order chi connectivity index (χ1) is 13.3. The highest BCUT2D eigenvalue weighted by molar-refractivity contribution is 7.89. The van der Waals surface area contributed by atoms with Crippen molar-refractivity contribution in [3.8, 4) is 5.75 Å². The molecule has 2 aromatic carbocycles. The number of amides is 1. The zero-order chi connectivity index (χ0) is 20.1. The minimum absolute atomic E-state index is 0.0591. The van der Waals surface area contributed by atoms with Gasteiger partial charge in [-0.3, -0.25) is 9.69 Å². The van der Waals surface area contributed by atoms with Gasteiger partial charge >= 0.3 is 0 Å². The van der Waals surface area contributed by atoms with Gasteiger partial charge in [-0.1, -0.05) is 0 Å². The number of nitrogens with zero attached hydrogens (tertiary/aromatic N) is 2. The Hall–Kier alpha value is -2.62. The molecule has 3 N–H and O–H groups in total. The Balaban J connectivity index is 1.48. The van der Waals surface area contributed by atoms with Gasteiger partial charge in [-0.15, -0.1) is 0 Å². The van der Waals surface area contributed by atoms with Gasteiger partial charge in [0.2, 0.25) is 15.9 Å². The number of nitrogens with two attached hydrogens (primary N) is 1. The Labute approximate surface area is 164 Å². The number of anilines is 2. The Morgan fingerprint density at radius 2 is 1.64 bits per heavy atom. The average molecular weight is 404 g/mol. The van der Waals surface area contributed by atoms with Gasteiger partial charge < -0.3 is 15.0 Å². The molecule has 1 heterocycles. The quantitative estimate of drug-likeness (QED) is 0.747. The summed E-state index contributed by atoms with van der Waals surface area (Å²) in [6.45, 7) is 3.32. The van der Waals surface area contributed by atoms with Crippen molar-refractivity contribution in [3.63, 3.8) is 0 Å². The summed E-state index contributed by atoms with van der Waals surface area (Å²) in [6, 6.07) is 13.8. The summed E-state index contributed by atoms with van der Waals surface area (Å²) in [6.07, 6.45) is 0. The van der Waals surface area contributed by atoms with E-state index in [-0.39, 0.29) is 10.8 Å². The number of nitrogens with one attached hydrogen (secondary N) is 1. The number of carbonyl (C=O) groups is 1. The molecule has 0 bridgehead atoms. The average Bonchev–Trinajstić information content (AvgIpc) is 2.68. The van der Waals surface area contributed by atoms with E-state index in [1.54, 1.807) is 43.5 Å². The fourth-order valence-corrected chi connectivity index (χ4v) is 3.60. The molecule has 9 heteroatoms. The molecule has 0 spiro atoms. The largest absolute Gasteiger partial charge is 0.497 e. The van der Waals surface area contributed by atoms with Crippen molar-refractivity contribution in [3.05, 3.63) is 48.5 Å². The molecule has 1 saturated heterocycles. The molecule has 0 aromatic heterocycles. The fraction of sp³-hybridized carbons (Fsp3) is 0.316. The number of carbonyl (C=O) groups excluding carboxylic acids is 1. The van der Waals surface area contributed by atoms with Crippen molar-refractivity contribution in [2.75, 3.05) is 50.1 Å². The number of sulfonamides is 1. The number of rotatable bonds is 6. The lowest BCUT2D eigenvalue weighted by molar-refractivity contribution is -0.117. The maximum Gasteiger partial charge on any atom is 0.238 e. The van der Waals surface area contributed by atoms with Gasteiger partial charge in [-0.05, 0) is 48.5 Å². The molecule has 3 rings (SSSR count). The highest BCUT2D eigenvalue weighted by atomic mass is 32.2. The van der Waals surface area contributed by atoms with Crippen LogP contribution >= 0.6 is 0 Å². The third kappa shape index (κ3) is 5.22. The zero-order valence-corrected chi connectivity index (χ0v) is 16.5. The number of ether oxygens (including phenoxy) is 1. The summed E-state index contributed by atoms with van der Waals surface area (Å²) in [5, 5.41) is 8.01. The van der Waals surface area contributed by atoms with Crippen LogP contribution in [0, 0.1) is 0 Å². The van der Waals surface area contributed by atoms with Crippen LogP contribution in [-0.2, 0) is 14.8 Å². The molecule has 0 aliphatic carbocycles. The number of benzene rings is 2. The van der Waals surface area contributed by atoms with Crippen LogP contribution in [0.3, 0.4) is 0 Å². The van der Waals surface area contributed by atoms with Crippen LogP contribution in [0.1, 0.15) is 0 Å². The Morgan fingerprint density at radius 3 is 2.18 bits per heavy atom. The van der Waals surface area contributed by atoms with Gasteiger partial charge in [-0.25, -0.2) is 13.6 Å². The number of primary sulfonamides is 1. The summed E-state index contributed by atoms with van der Waals surface area (Å²) in [4.78, 5) is 16.6. The van der Waals surface area contributed by atoms with Crippen LogP contribution in [0.15, 0.2) is 53.4 Å². The standard InChI is InChI=1S/C19H24N4O4S/c1-27-17-6-2-15(3-7-17)21-19(24)14-22-10-12-23(13-11-22)16-4-8-18(9-5-16)28(20,25)26/h2-9H,10-14H2,1H3,(H,21,24)(H2,20,25,26). The van der Waals surface area contributed by atoms with Crippen LogP contribution in [0.2, 0.25) is 0 Å². The van der Waals surface area contributed by atoms with Crippen molar-refractivity contribution in [2.45, 2.75) is 4.90 Å². The summed E-state index contributed by atoms with van der Waals surface area (Å²) in [7, 11) is -2.08. The summed E-state index contributed by atoms with van der Waals surface area (Å²) in [5.41, 5.74) is 1.68. The van der Waals surface area contributed by atoms with Crippen molar-refractivity contribution in [2.24, 2.45) is 5.14 Å². The molecule has 1 aliphatic heterocycles. The van der Waals surface area contributed by atoms with E-state index in [2.05, 4.69) is 15.1 Å².